The lowest BCUT2D eigenvalue weighted by molar-refractivity contribution is 0.0981. The number of sulfonamides is 1. The molecule has 0 atom stereocenters. The molecule has 0 aromatic heterocycles. The lowest BCUT2D eigenvalue weighted by Crippen LogP contribution is -2.34. The fourth-order valence-corrected chi connectivity index (χ4v) is 2.99. The molecule has 2 aromatic rings. The first kappa shape index (κ1) is 17.3. The number of anilines is 1. The lowest BCUT2D eigenvalue weighted by atomic mass is 10.2. The zero-order chi connectivity index (χ0) is 16.9. The molecule has 1 amide bonds. The maximum atomic E-state index is 12.0. The Morgan fingerprint density at radius 1 is 1.13 bits per heavy atom. The molecular formula is C16H17ClN2O3S. The van der Waals surface area contributed by atoms with Crippen LogP contribution in [0.1, 0.15) is 15.9 Å². The van der Waals surface area contributed by atoms with Crippen LogP contribution in [-0.4, -0.2) is 26.6 Å². The molecule has 0 saturated carbocycles. The molecule has 122 valence electrons. The molecule has 0 heterocycles. The summed E-state index contributed by atoms with van der Waals surface area (Å²) < 4.78 is 26.0. The maximum Gasteiger partial charge on any atom is 0.264 e. The molecule has 5 nitrogen and oxygen atoms in total. The number of carbonyl (C=O) groups is 1. The van der Waals surface area contributed by atoms with Gasteiger partial charge in [0.15, 0.2) is 0 Å². The quantitative estimate of drug-likeness (QED) is 0.838. The van der Waals surface area contributed by atoms with E-state index in [1.807, 2.05) is 13.0 Å². The molecule has 23 heavy (non-hydrogen) atoms. The maximum absolute atomic E-state index is 12.0. The molecule has 0 bridgehead atoms. The molecule has 0 fully saturated rings. The van der Waals surface area contributed by atoms with E-state index in [1.54, 1.807) is 42.5 Å². The lowest BCUT2D eigenvalue weighted by Gasteiger charge is -2.11. The van der Waals surface area contributed by atoms with Crippen molar-refractivity contribution in [3.63, 3.8) is 0 Å². The summed E-state index contributed by atoms with van der Waals surface area (Å²) in [5.74, 6) is -0.859. The van der Waals surface area contributed by atoms with Crippen molar-refractivity contribution in [3.05, 3.63) is 64.7 Å². The van der Waals surface area contributed by atoms with Crippen molar-refractivity contribution in [2.24, 2.45) is 0 Å². The highest BCUT2D eigenvalue weighted by atomic mass is 35.5. The molecule has 0 aliphatic carbocycles. The Morgan fingerprint density at radius 2 is 1.83 bits per heavy atom. The normalized spacial score (nSPS) is 11.0. The van der Waals surface area contributed by atoms with E-state index in [0.717, 1.165) is 11.3 Å². The van der Waals surface area contributed by atoms with E-state index in [-0.39, 0.29) is 12.3 Å². The standard InChI is InChI=1S/C16H17ClN2O3S/c1-12-7-8-14(17)11-15(12)18-9-10-23(21,22)19-16(20)13-5-3-2-4-6-13/h2-8,11,18H,9-10H2,1H3,(H,19,20). The minimum absolute atomic E-state index is 0.165. The number of benzene rings is 2. The van der Waals surface area contributed by atoms with E-state index in [4.69, 9.17) is 11.6 Å². The fourth-order valence-electron chi connectivity index (χ4n) is 1.95. The van der Waals surface area contributed by atoms with Crippen LogP contribution in [0, 0.1) is 6.92 Å². The number of amides is 1. The zero-order valence-corrected chi connectivity index (χ0v) is 14.1. The second-order valence-corrected chi connectivity index (χ2v) is 7.28. The Kier molecular flexibility index (Phi) is 5.63. The van der Waals surface area contributed by atoms with Crippen LogP contribution in [0.3, 0.4) is 0 Å². The van der Waals surface area contributed by atoms with Crippen molar-refractivity contribution >= 4 is 33.2 Å². The van der Waals surface area contributed by atoms with Gasteiger partial charge in [0.1, 0.15) is 0 Å². The van der Waals surface area contributed by atoms with Gasteiger partial charge in [-0.1, -0.05) is 35.9 Å². The Bertz CT molecular complexity index is 792. The van der Waals surface area contributed by atoms with Crippen LogP contribution < -0.4 is 10.0 Å². The highest BCUT2D eigenvalue weighted by molar-refractivity contribution is 7.90. The molecule has 0 aliphatic heterocycles. The van der Waals surface area contributed by atoms with Crippen LogP contribution in [0.4, 0.5) is 5.69 Å². The number of rotatable bonds is 6. The van der Waals surface area contributed by atoms with Gasteiger partial charge in [-0.05, 0) is 36.8 Å². The van der Waals surface area contributed by atoms with E-state index < -0.39 is 15.9 Å². The largest absolute Gasteiger partial charge is 0.384 e. The van der Waals surface area contributed by atoms with Gasteiger partial charge in [-0.3, -0.25) is 4.79 Å². The van der Waals surface area contributed by atoms with Gasteiger partial charge in [-0.15, -0.1) is 0 Å². The van der Waals surface area contributed by atoms with Crippen molar-refractivity contribution < 1.29 is 13.2 Å². The van der Waals surface area contributed by atoms with E-state index in [0.29, 0.717) is 10.6 Å². The Morgan fingerprint density at radius 3 is 2.52 bits per heavy atom. The van der Waals surface area contributed by atoms with Gasteiger partial charge in [-0.25, -0.2) is 13.1 Å². The van der Waals surface area contributed by atoms with Crippen molar-refractivity contribution in [3.8, 4) is 0 Å². The minimum Gasteiger partial charge on any atom is -0.384 e. The summed E-state index contributed by atoms with van der Waals surface area (Å²) in [5, 5.41) is 3.58. The molecule has 2 N–H and O–H groups in total. The first-order valence-corrected chi connectivity index (χ1v) is 9.00. The van der Waals surface area contributed by atoms with Gasteiger partial charge in [-0.2, -0.15) is 0 Å². The van der Waals surface area contributed by atoms with E-state index in [2.05, 4.69) is 10.0 Å². The highest BCUT2D eigenvalue weighted by Gasteiger charge is 2.15. The van der Waals surface area contributed by atoms with Crippen LogP contribution in [0.25, 0.3) is 0 Å². The predicted octanol–water partition coefficient (Wildman–Crippen LogP) is 2.82. The van der Waals surface area contributed by atoms with Gasteiger partial charge in [0.05, 0.1) is 5.75 Å². The Hall–Kier alpha value is -2.05. The average molecular weight is 353 g/mol. The second-order valence-electron chi connectivity index (χ2n) is 5.00. The molecule has 0 spiro atoms. The van der Waals surface area contributed by atoms with Gasteiger partial charge in [0.25, 0.3) is 5.91 Å². The van der Waals surface area contributed by atoms with Gasteiger partial charge in [0, 0.05) is 22.8 Å². The molecule has 0 aliphatic rings. The molecular weight excluding hydrogens is 336 g/mol. The summed E-state index contributed by atoms with van der Waals surface area (Å²) in [4.78, 5) is 11.9. The van der Waals surface area contributed by atoms with Crippen molar-refractivity contribution in [1.82, 2.24) is 4.72 Å². The Balaban J connectivity index is 1.92. The van der Waals surface area contributed by atoms with Gasteiger partial charge >= 0.3 is 0 Å². The third-order valence-electron chi connectivity index (χ3n) is 3.17. The molecule has 0 saturated heterocycles. The van der Waals surface area contributed by atoms with E-state index >= 15 is 0 Å². The van der Waals surface area contributed by atoms with Gasteiger partial charge in [0.2, 0.25) is 10.0 Å². The Labute approximate surface area is 140 Å². The average Bonchev–Trinajstić information content (AvgIpc) is 2.51. The molecule has 0 unspecified atom stereocenters. The van der Waals surface area contributed by atoms with Crippen molar-refractivity contribution in [2.75, 3.05) is 17.6 Å². The monoisotopic (exact) mass is 352 g/mol. The second kappa shape index (κ2) is 7.48. The zero-order valence-electron chi connectivity index (χ0n) is 12.5. The third kappa shape index (κ3) is 5.26. The SMILES string of the molecule is Cc1ccc(Cl)cc1NCCS(=O)(=O)NC(=O)c1ccccc1. The number of nitrogens with one attached hydrogen (secondary N) is 2. The van der Waals surface area contributed by atoms with Crippen molar-refractivity contribution in [2.45, 2.75) is 6.92 Å². The molecule has 2 rings (SSSR count). The summed E-state index contributed by atoms with van der Waals surface area (Å²) in [5.41, 5.74) is 2.02. The first-order valence-electron chi connectivity index (χ1n) is 6.97. The minimum atomic E-state index is -3.72. The van der Waals surface area contributed by atoms with Gasteiger partial charge < -0.3 is 5.32 Å². The topological polar surface area (TPSA) is 75.3 Å². The number of aryl methyl sites for hydroxylation is 1. The predicted molar refractivity (Wildman–Crippen MR) is 92.4 cm³/mol. The molecule has 7 heteroatoms. The van der Waals surface area contributed by atoms with E-state index in [1.165, 1.54) is 0 Å². The van der Waals surface area contributed by atoms with Crippen LogP contribution in [-0.2, 0) is 10.0 Å². The first-order chi connectivity index (χ1) is 10.9. The van der Waals surface area contributed by atoms with Crippen molar-refractivity contribution in [1.29, 1.82) is 0 Å². The number of hydrogen-bond acceptors (Lipinski definition) is 4. The van der Waals surface area contributed by atoms with E-state index in [9.17, 15) is 13.2 Å². The molecule has 0 radical (unpaired) electrons. The summed E-state index contributed by atoms with van der Waals surface area (Å²) in [6.07, 6.45) is 0. The molecule has 2 aromatic carbocycles. The van der Waals surface area contributed by atoms with Crippen LogP contribution in [0.2, 0.25) is 5.02 Å². The smallest absolute Gasteiger partial charge is 0.264 e. The summed E-state index contributed by atoms with van der Waals surface area (Å²) in [6.45, 7) is 2.06. The van der Waals surface area contributed by atoms with Crippen LogP contribution >= 0.6 is 11.6 Å². The summed E-state index contributed by atoms with van der Waals surface area (Å²) in [6, 6.07) is 13.5. The highest BCUT2D eigenvalue weighted by Crippen LogP contribution is 2.19. The number of halogens is 1. The van der Waals surface area contributed by atoms with Crippen LogP contribution in [0.5, 0.6) is 0 Å². The summed E-state index contributed by atoms with van der Waals surface area (Å²) >= 11 is 5.91. The summed E-state index contributed by atoms with van der Waals surface area (Å²) in [7, 11) is -3.72. The number of carbonyl (C=O) groups excluding carboxylic acids is 1. The fraction of sp³-hybridized carbons (Fsp3) is 0.188. The third-order valence-corrected chi connectivity index (χ3v) is 4.64. The van der Waals surface area contributed by atoms with Crippen LogP contribution in [0.15, 0.2) is 48.5 Å². The number of hydrogen-bond donors (Lipinski definition) is 2.